The molecular weight excluding hydrogens is 636 g/mol. The van der Waals surface area contributed by atoms with Gasteiger partial charge in [0.25, 0.3) is 0 Å². The molecule has 1 aliphatic heterocycles. The van der Waals surface area contributed by atoms with Crippen molar-refractivity contribution in [3.8, 4) is 5.75 Å². The largest absolute Gasteiger partial charge is 0.490 e. The summed E-state index contributed by atoms with van der Waals surface area (Å²) < 4.78 is 8.52. The fraction of sp³-hybridized carbons (Fsp3) is 0.321. The number of ketones is 1. The van der Waals surface area contributed by atoms with Gasteiger partial charge in [-0.3, -0.25) is 4.79 Å². The van der Waals surface area contributed by atoms with Gasteiger partial charge in [0.15, 0.2) is 5.78 Å². The van der Waals surface area contributed by atoms with Gasteiger partial charge in [0.1, 0.15) is 5.75 Å². The molecular formula is C28H27I2NO2. The smallest absolute Gasteiger partial charge is 0.162 e. The molecule has 0 bridgehead atoms. The van der Waals surface area contributed by atoms with Crippen LogP contribution >= 0.6 is 45.2 Å². The van der Waals surface area contributed by atoms with Crippen molar-refractivity contribution in [2.45, 2.75) is 52.7 Å². The van der Waals surface area contributed by atoms with Gasteiger partial charge in [-0.15, -0.1) is 0 Å². The molecule has 5 heteroatoms. The number of nitrogens with one attached hydrogen (secondary N) is 1. The fourth-order valence-electron chi connectivity index (χ4n) is 5.23. The van der Waals surface area contributed by atoms with Crippen LogP contribution in [0.3, 0.4) is 0 Å². The van der Waals surface area contributed by atoms with Gasteiger partial charge < -0.3 is 10.1 Å². The van der Waals surface area contributed by atoms with Crippen molar-refractivity contribution in [2.24, 2.45) is 5.41 Å². The third kappa shape index (κ3) is 4.20. The van der Waals surface area contributed by atoms with Crippen molar-refractivity contribution < 1.29 is 9.53 Å². The lowest BCUT2D eigenvalue weighted by Gasteiger charge is -2.40. The first-order chi connectivity index (χ1) is 15.6. The first-order valence-corrected chi connectivity index (χ1v) is 13.5. The maximum atomic E-state index is 13.7. The van der Waals surface area contributed by atoms with Crippen LogP contribution in [0.5, 0.6) is 5.75 Å². The Bertz CT molecular complexity index is 1320. The summed E-state index contributed by atoms with van der Waals surface area (Å²) >= 11 is 4.71. The van der Waals surface area contributed by atoms with Gasteiger partial charge in [-0.25, -0.2) is 0 Å². The number of hydrogen-bond donors (Lipinski definition) is 1. The van der Waals surface area contributed by atoms with E-state index >= 15 is 0 Å². The van der Waals surface area contributed by atoms with Crippen molar-refractivity contribution in [2.75, 3.05) is 5.32 Å². The number of halogens is 2. The molecule has 2 aliphatic rings. The van der Waals surface area contributed by atoms with Crippen LogP contribution in [0.15, 0.2) is 54.1 Å². The van der Waals surface area contributed by atoms with Crippen LogP contribution in [0, 0.1) is 12.6 Å². The van der Waals surface area contributed by atoms with Crippen LogP contribution in [-0.2, 0) is 4.79 Å². The molecule has 0 saturated carbocycles. The maximum absolute atomic E-state index is 13.7. The minimum atomic E-state index is -0.228. The average Bonchev–Trinajstić information content (AvgIpc) is 2.73. The molecule has 3 aromatic carbocycles. The molecule has 0 saturated heterocycles. The van der Waals surface area contributed by atoms with Crippen LogP contribution in [-0.4, -0.2) is 11.9 Å². The summed E-state index contributed by atoms with van der Waals surface area (Å²) in [6.45, 7) is 8.51. The molecule has 0 amide bonds. The van der Waals surface area contributed by atoms with Crippen LogP contribution < -0.4 is 10.1 Å². The number of anilines is 1. The van der Waals surface area contributed by atoms with Gasteiger partial charge in [-0.2, -0.15) is 0 Å². The molecule has 0 aromatic heterocycles. The molecule has 0 spiro atoms. The number of hydrogen-bond acceptors (Lipinski definition) is 3. The van der Waals surface area contributed by atoms with E-state index in [0.717, 1.165) is 36.1 Å². The molecule has 1 N–H and O–H groups in total. The first kappa shape index (κ1) is 23.1. The van der Waals surface area contributed by atoms with Crippen molar-refractivity contribution in [1.29, 1.82) is 0 Å². The number of carbonyl (C=O) groups excluding carboxylic acids is 1. The molecule has 3 nitrogen and oxygen atoms in total. The highest BCUT2D eigenvalue weighted by Gasteiger charge is 2.41. The third-order valence-corrected chi connectivity index (χ3v) is 7.87. The number of benzene rings is 3. The lowest BCUT2D eigenvalue weighted by molar-refractivity contribution is -0.118. The summed E-state index contributed by atoms with van der Waals surface area (Å²) in [6, 6.07) is 16.9. The normalized spacial score (nSPS) is 19.4. The Kier molecular flexibility index (Phi) is 6.00. The zero-order chi connectivity index (χ0) is 23.5. The van der Waals surface area contributed by atoms with Crippen LogP contribution in [0.25, 0.3) is 16.3 Å². The van der Waals surface area contributed by atoms with Gasteiger partial charge in [-0.1, -0.05) is 44.2 Å². The number of ether oxygens (including phenoxy) is 1. The van der Waals surface area contributed by atoms with Crippen molar-refractivity contribution in [1.82, 2.24) is 0 Å². The lowest BCUT2D eigenvalue weighted by Crippen LogP contribution is -2.33. The molecule has 0 fully saturated rings. The predicted octanol–water partition coefficient (Wildman–Crippen LogP) is 8.15. The van der Waals surface area contributed by atoms with E-state index < -0.39 is 0 Å². The zero-order valence-electron chi connectivity index (χ0n) is 19.3. The quantitative estimate of drug-likeness (QED) is 0.288. The van der Waals surface area contributed by atoms with E-state index in [2.05, 4.69) is 113 Å². The number of fused-ring (bicyclic) bond motifs is 4. The SMILES string of the molecule is CC(C)Oc1c(I)cc(I)cc1[C@H]1Nc2ccc3ccccc3c2C2=C1C(=O)CC(C)(C)C2. The van der Waals surface area contributed by atoms with Crippen LogP contribution in [0.4, 0.5) is 5.69 Å². The monoisotopic (exact) mass is 663 g/mol. The maximum Gasteiger partial charge on any atom is 0.162 e. The first-order valence-electron chi connectivity index (χ1n) is 11.3. The van der Waals surface area contributed by atoms with Gasteiger partial charge in [-0.05, 0) is 105 Å². The van der Waals surface area contributed by atoms with Crippen molar-refractivity contribution in [3.63, 3.8) is 0 Å². The van der Waals surface area contributed by atoms with Gasteiger partial charge in [0, 0.05) is 32.4 Å². The number of allylic oxidation sites excluding steroid dienone is 1. The van der Waals surface area contributed by atoms with Crippen LogP contribution in [0.2, 0.25) is 0 Å². The second-order valence-corrected chi connectivity index (χ2v) is 12.5. The number of carbonyl (C=O) groups is 1. The topological polar surface area (TPSA) is 38.3 Å². The second kappa shape index (κ2) is 8.56. The molecule has 0 radical (unpaired) electrons. The summed E-state index contributed by atoms with van der Waals surface area (Å²) in [7, 11) is 0. The average molecular weight is 663 g/mol. The molecule has 33 heavy (non-hydrogen) atoms. The third-order valence-electron chi connectivity index (χ3n) is 6.44. The Morgan fingerprint density at radius 3 is 2.58 bits per heavy atom. The molecule has 170 valence electrons. The highest BCUT2D eigenvalue weighted by molar-refractivity contribution is 14.1. The molecule has 1 atom stereocenters. The second-order valence-electron chi connectivity index (χ2n) is 10.1. The summed E-state index contributed by atoms with van der Waals surface area (Å²) in [5.74, 6) is 1.11. The number of rotatable bonds is 3. The molecule has 0 unspecified atom stereocenters. The van der Waals surface area contributed by atoms with E-state index in [1.165, 1.54) is 21.9 Å². The minimum absolute atomic E-state index is 0.0478. The number of Topliss-reactive ketones (excluding diaryl/α,β-unsaturated/α-hetero) is 1. The summed E-state index contributed by atoms with van der Waals surface area (Å²) in [6.07, 6.45) is 1.49. The Morgan fingerprint density at radius 2 is 1.82 bits per heavy atom. The highest BCUT2D eigenvalue weighted by atomic mass is 127. The predicted molar refractivity (Wildman–Crippen MR) is 153 cm³/mol. The van der Waals surface area contributed by atoms with Crippen LogP contribution in [0.1, 0.15) is 57.7 Å². The van der Waals surface area contributed by atoms with E-state index in [4.69, 9.17) is 4.74 Å². The Hall–Kier alpha value is -1.61. The molecule has 3 aromatic rings. The van der Waals surface area contributed by atoms with Gasteiger partial charge >= 0.3 is 0 Å². The molecule has 1 aliphatic carbocycles. The zero-order valence-corrected chi connectivity index (χ0v) is 23.6. The van der Waals surface area contributed by atoms with E-state index in [1.807, 2.05) is 13.8 Å². The summed E-state index contributed by atoms with van der Waals surface area (Å²) in [5, 5.41) is 6.17. The Labute approximate surface area is 222 Å². The fourth-order valence-corrected chi connectivity index (χ4v) is 7.24. The molecule has 1 heterocycles. The van der Waals surface area contributed by atoms with Gasteiger partial charge in [0.05, 0.1) is 15.7 Å². The standard InChI is InChI=1S/C28H27I2NO2/c1-15(2)33-27-19(11-17(29)12-21(27)30)26-25-20(13-28(3,4)14-23(25)32)24-18-8-6-5-7-16(18)9-10-22(24)31-26/h5-12,15,26,31H,13-14H2,1-4H3/t26-/m1/s1. The highest BCUT2D eigenvalue weighted by Crippen LogP contribution is 2.53. The van der Waals surface area contributed by atoms with Gasteiger partial charge in [0.2, 0.25) is 0 Å². The molecule has 5 rings (SSSR count). The summed E-state index contributed by atoms with van der Waals surface area (Å²) in [5.41, 5.74) is 5.35. The van der Waals surface area contributed by atoms with Crippen molar-refractivity contribution >= 4 is 73.0 Å². The van der Waals surface area contributed by atoms with E-state index in [1.54, 1.807) is 0 Å². The van der Waals surface area contributed by atoms with E-state index in [9.17, 15) is 4.79 Å². The Balaban J connectivity index is 1.80. The summed E-state index contributed by atoms with van der Waals surface area (Å²) in [4.78, 5) is 13.7. The van der Waals surface area contributed by atoms with E-state index in [0.29, 0.717) is 6.42 Å². The Morgan fingerprint density at radius 1 is 1.06 bits per heavy atom. The minimum Gasteiger partial charge on any atom is -0.490 e. The van der Waals surface area contributed by atoms with Crippen molar-refractivity contribution in [3.05, 3.63) is 72.4 Å². The van der Waals surface area contributed by atoms with E-state index in [-0.39, 0.29) is 23.3 Å². The lowest BCUT2D eigenvalue weighted by atomic mass is 9.68.